The van der Waals surface area contributed by atoms with Crippen LogP contribution in [0.25, 0.3) is 48.5 Å². The lowest BCUT2D eigenvalue weighted by molar-refractivity contribution is 0.986. The van der Waals surface area contributed by atoms with Crippen LogP contribution in [0, 0.1) is 4.77 Å². The van der Waals surface area contributed by atoms with Crippen LogP contribution in [0.2, 0.25) is 0 Å². The fraction of sp³-hybridized carbons (Fsp3) is 0. The summed E-state index contributed by atoms with van der Waals surface area (Å²) in [7, 11) is 0. The highest BCUT2D eigenvalue weighted by Crippen LogP contribution is 2.42. The lowest BCUT2D eigenvalue weighted by Crippen LogP contribution is -1.98. The van der Waals surface area contributed by atoms with E-state index in [-0.39, 0.29) is 0 Å². The molecule has 3 aromatic carbocycles. The monoisotopic (exact) mass is 448 g/mol. The molecule has 4 nitrogen and oxygen atoms in total. The zero-order valence-electron chi connectivity index (χ0n) is 16.8. The Morgan fingerprint density at radius 2 is 1.34 bits per heavy atom. The first-order valence-corrected chi connectivity index (χ1v) is 11.4. The molecule has 0 aliphatic heterocycles. The Kier molecular flexibility index (Phi) is 4.60. The van der Waals surface area contributed by atoms with Crippen molar-refractivity contribution in [2.45, 2.75) is 0 Å². The van der Waals surface area contributed by atoms with Crippen molar-refractivity contribution in [3.63, 3.8) is 0 Å². The standard InChI is InChI=1S/C26H16N4S2/c31-26-27-24-20(16-30(26)19-14-8-3-9-15-19)32-25-22(24)21(17-10-4-1-5-11-17)23(28-29-25)18-12-6-2-7-13-18/h1-16H. The van der Waals surface area contributed by atoms with Gasteiger partial charge in [0.25, 0.3) is 0 Å². The molecule has 0 spiro atoms. The van der Waals surface area contributed by atoms with Crippen molar-refractivity contribution in [2.75, 3.05) is 0 Å². The largest absolute Gasteiger partial charge is 0.291 e. The Bertz CT molecular complexity index is 1620. The van der Waals surface area contributed by atoms with Gasteiger partial charge in [0.05, 0.1) is 10.2 Å². The van der Waals surface area contributed by atoms with Gasteiger partial charge in [0, 0.05) is 28.4 Å². The van der Waals surface area contributed by atoms with Crippen molar-refractivity contribution >= 4 is 44.0 Å². The van der Waals surface area contributed by atoms with E-state index in [0.29, 0.717) is 4.77 Å². The van der Waals surface area contributed by atoms with Crippen LogP contribution in [0.3, 0.4) is 0 Å². The highest BCUT2D eigenvalue weighted by molar-refractivity contribution is 7.71. The van der Waals surface area contributed by atoms with Crippen LogP contribution in [-0.2, 0) is 0 Å². The second kappa shape index (κ2) is 7.75. The first-order chi connectivity index (χ1) is 15.8. The lowest BCUT2D eigenvalue weighted by Gasteiger charge is -2.11. The van der Waals surface area contributed by atoms with E-state index in [1.165, 1.54) is 0 Å². The number of hydrogen-bond acceptors (Lipinski definition) is 5. The Labute approximate surface area is 193 Å². The van der Waals surface area contributed by atoms with Crippen LogP contribution < -0.4 is 0 Å². The van der Waals surface area contributed by atoms with Gasteiger partial charge in [-0.2, -0.15) is 0 Å². The molecule has 3 heterocycles. The molecule has 6 heteroatoms. The summed E-state index contributed by atoms with van der Waals surface area (Å²) in [6.45, 7) is 0. The van der Waals surface area contributed by atoms with E-state index in [2.05, 4.69) is 40.7 Å². The summed E-state index contributed by atoms with van der Waals surface area (Å²) < 4.78 is 3.48. The average molecular weight is 449 g/mol. The highest BCUT2D eigenvalue weighted by Gasteiger charge is 2.20. The maximum absolute atomic E-state index is 5.70. The van der Waals surface area contributed by atoms with Crippen LogP contribution >= 0.6 is 23.6 Å². The molecule has 0 fully saturated rings. The van der Waals surface area contributed by atoms with Gasteiger partial charge in [0.2, 0.25) is 4.77 Å². The Morgan fingerprint density at radius 1 is 0.719 bits per heavy atom. The summed E-state index contributed by atoms with van der Waals surface area (Å²) in [5.41, 5.74) is 5.84. The van der Waals surface area contributed by atoms with Gasteiger partial charge in [-0.1, -0.05) is 78.9 Å². The number of rotatable bonds is 3. The molecular weight excluding hydrogens is 432 g/mol. The molecular formula is C26H16N4S2. The van der Waals surface area contributed by atoms with Crippen LogP contribution in [0.4, 0.5) is 0 Å². The van der Waals surface area contributed by atoms with Crippen molar-refractivity contribution < 1.29 is 0 Å². The molecule has 6 rings (SSSR count). The molecule has 0 bridgehead atoms. The maximum Gasteiger partial charge on any atom is 0.204 e. The Balaban J connectivity index is 1.71. The van der Waals surface area contributed by atoms with Gasteiger partial charge < -0.3 is 0 Å². The van der Waals surface area contributed by atoms with Gasteiger partial charge >= 0.3 is 0 Å². The van der Waals surface area contributed by atoms with Gasteiger partial charge in [-0.15, -0.1) is 21.5 Å². The van der Waals surface area contributed by atoms with Crippen LogP contribution in [0.15, 0.2) is 97.2 Å². The van der Waals surface area contributed by atoms with Crippen LogP contribution in [0.5, 0.6) is 0 Å². The van der Waals surface area contributed by atoms with Gasteiger partial charge in [0.1, 0.15) is 10.5 Å². The Morgan fingerprint density at radius 3 is 2.03 bits per heavy atom. The molecule has 0 N–H and O–H groups in total. The summed E-state index contributed by atoms with van der Waals surface area (Å²) in [5, 5.41) is 10.2. The predicted molar refractivity (Wildman–Crippen MR) is 134 cm³/mol. The zero-order chi connectivity index (χ0) is 21.5. The summed E-state index contributed by atoms with van der Waals surface area (Å²) in [5.74, 6) is 0. The number of aromatic nitrogens is 4. The normalized spacial score (nSPS) is 11.2. The number of para-hydroxylation sites is 1. The van der Waals surface area contributed by atoms with Crippen molar-refractivity contribution in [1.82, 2.24) is 19.7 Å². The van der Waals surface area contributed by atoms with E-state index in [9.17, 15) is 0 Å². The molecule has 0 unspecified atom stereocenters. The van der Waals surface area contributed by atoms with Crippen molar-refractivity contribution in [1.29, 1.82) is 0 Å². The predicted octanol–water partition coefficient (Wildman–Crippen LogP) is 7.09. The molecule has 3 aromatic heterocycles. The van der Waals surface area contributed by atoms with E-state index in [0.717, 1.165) is 48.5 Å². The quantitative estimate of drug-likeness (QED) is 0.271. The van der Waals surface area contributed by atoms with Crippen LogP contribution in [0.1, 0.15) is 0 Å². The summed E-state index contributed by atoms with van der Waals surface area (Å²) in [6, 6.07) is 30.5. The second-order valence-electron chi connectivity index (χ2n) is 7.38. The van der Waals surface area contributed by atoms with E-state index in [4.69, 9.17) is 17.2 Å². The first kappa shape index (κ1) is 19.0. The average Bonchev–Trinajstić information content (AvgIpc) is 3.22. The van der Waals surface area contributed by atoms with Gasteiger partial charge in [-0.05, 0) is 29.9 Å². The van der Waals surface area contributed by atoms with Crippen LogP contribution in [-0.4, -0.2) is 19.7 Å². The molecule has 0 radical (unpaired) electrons. The number of fused-ring (bicyclic) bond motifs is 3. The summed E-state index contributed by atoms with van der Waals surface area (Å²) in [4.78, 5) is 5.73. The van der Waals surface area contributed by atoms with E-state index >= 15 is 0 Å². The third-order valence-corrected chi connectivity index (χ3v) is 6.71. The smallest absolute Gasteiger partial charge is 0.204 e. The summed E-state index contributed by atoms with van der Waals surface area (Å²) >= 11 is 7.29. The number of nitrogens with zero attached hydrogens (tertiary/aromatic N) is 4. The molecule has 0 amide bonds. The molecule has 6 aromatic rings. The molecule has 0 saturated heterocycles. The topological polar surface area (TPSA) is 43.6 Å². The SMILES string of the molecule is S=c1nc2c(cn1-c1ccccc1)sc1nnc(-c3ccccc3)c(-c3ccccc3)c12. The molecule has 152 valence electrons. The van der Waals surface area contributed by atoms with E-state index in [1.54, 1.807) is 11.3 Å². The van der Waals surface area contributed by atoms with Gasteiger partial charge in [-0.3, -0.25) is 4.57 Å². The van der Waals surface area contributed by atoms with Gasteiger partial charge in [0.15, 0.2) is 0 Å². The number of hydrogen-bond donors (Lipinski definition) is 0. The minimum absolute atomic E-state index is 0.514. The molecule has 0 aliphatic rings. The molecule has 0 atom stereocenters. The highest BCUT2D eigenvalue weighted by atomic mass is 32.1. The van der Waals surface area contributed by atoms with Gasteiger partial charge in [-0.25, -0.2) is 4.98 Å². The third-order valence-electron chi connectivity index (χ3n) is 5.42. The minimum Gasteiger partial charge on any atom is -0.291 e. The maximum atomic E-state index is 5.70. The number of thiophene rings is 1. The van der Waals surface area contributed by atoms with Crippen molar-refractivity contribution in [3.8, 4) is 28.1 Å². The van der Waals surface area contributed by atoms with E-state index < -0.39 is 0 Å². The zero-order valence-corrected chi connectivity index (χ0v) is 18.5. The van der Waals surface area contributed by atoms with Crippen molar-refractivity contribution in [2.24, 2.45) is 0 Å². The lowest BCUT2D eigenvalue weighted by atomic mass is 9.97. The fourth-order valence-corrected chi connectivity index (χ4v) is 5.21. The molecule has 0 saturated carbocycles. The van der Waals surface area contributed by atoms with Crippen molar-refractivity contribution in [3.05, 3.63) is 102 Å². The first-order valence-electron chi connectivity index (χ1n) is 10.2. The molecule has 0 aliphatic carbocycles. The Hall–Kier alpha value is -3.74. The number of benzene rings is 3. The molecule has 32 heavy (non-hydrogen) atoms. The van der Waals surface area contributed by atoms with E-state index in [1.807, 2.05) is 71.3 Å². The summed E-state index contributed by atoms with van der Waals surface area (Å²) in [6.07, 6.45) is 2.06. The fourth-order valence-electron chi connectivity index (χ4n) is 3.97. The second-order valence-corrected chi connectivity index (χ2v) is 8.78. The third kappa shape index (κ3) is 3.12. The minimum atomic E-state index is 0.514.